The van der Waals surface area contributed by atoms with Crippen molar-refractivity contribution in [2.75, 3.05) is 13.2 Å². The van der Waals surface area contributed by atoms with E-state index in [1.165, 1.54) is 12.1 Å². The maximum atomic E-state index is 12.1. The lowest BCUT2D eigenvalue weighted by atomic mass is 10.2. The van der Waals surface area contributed by atoms with Crippen molar-refractivity contribution in [1.29, 1.82) is 0 Å². The van der Waals surface area contributed by atoms with Crippen LogP contribution in [0.1, 0.15) is 30.1 Å². The van der Waals surface area contributed by atoms with Crippen LogP contribution in [-0.2, 0) is 4.79 Å². The molecule has 1 amide bonds. The van der Waals surface area contributed by atoms with Crippen LogP contribution < -0.4 is 4.74 Å². The lowest BCUT2D eigenvalue weighted by Crippen LogP contribution is -2.36. The first-order valence-corrected chi connectivity index (χ1v) is 8.17. The van der Waals surface area contributed by atoms with Crippen LogP contribution in [0.2, 0.25) is 0 Å². The van der Waals surface area contributed by atoms with Crippen molar-refractivity contribution in [1.82, 2.24) is 4.90 Å². The molecule has 0 unspecified atom stereocenters. The van der Waals surface area contributed by atoms with Gasteiger partial charge < -0.3 is 14.7 Å². The summed E-state index contributed by atoms with van der Waals surface area (Å²) in [6.07, 6.45) is 2.11. The van der Waals surface area contributed by atoms with E-state index in [9.17, 15) is 9.59 Å². The van der Waals surface area contributed by atoms with E-state index in [1.807, 2.05) is 11.8 Å². The maximum absolute atomic E-state index is 12.1. The summed E-state index contributed by atoms with van der Waals surface area (Å²) in [4.78, 5) is 24.9. The zero-order valence-electron chi connectivity index (χ0n) is 11.4. The Kier molecular flexibility index (Phi) is 5.27. The number of hydrogen-bond acceptors (Lipinski definition) is 3. The maximum Gasteiger partial charge on any atom is 0.335 e. The van der Waals surface area contributed by atoms with Crippen LogP contribution >= 0.6 is 31.9 Å². The second kappa shape index (κ2) is 6.79. The molecule has 0 bridgehead atoms. The molecule has 0 heterocycles. The minimum Gasteiger partial charge on any atom is -0.481 e. The summed E-state index contributed by atoms with van der Waals surface area (Å²) < 4.78 is 6.54. The largest absolute Gasteiger partial charge is 0.481 e. The van der Waals surface area contributed by atoms with E-state index < -0.39 is 5.97 Å². The third-order valence-corrected chi connectivity index (χ3v) is 4.41. The summed E-state index contributed by atoms with van der Waals surface area (Å²) in [7, 11) is 0. The molecular formula is C14H15Br2NO4. The number of aromatic carboxylic acids is 1. The van der Waals surface area contributed by atoms with E-state index in [1.54, 1.807) is 0 Å². The van der Waals surface area contributed by atoms with Crippen LogP contribution in [0.15, 0.2) is 21.1 Å². The number of likely N-dealkylation sites (N-methyl/N-ethyl adjacent to an activating group) is 1. The van der Waals surface area contributed by atoms with Gasteiger partial charge in [0, 0.05) is 12.6 Å². The molecule has 2 rings (SSSR count). The summed E-state index contributed by atoms with van der Waals surface area (Å²) in [5, 5.41) is 8.97. The van der Waals surface area contributed by atoms with Crippen molar-refractivity contribution in [2.24, 2.45) is 0 Å². The number of benzene rings is 1. The summed E-state index contributed by atoms with van der Waals surface area (Å²) in [6.45, 7) is 2.56. The predicted octanol–water partition coefficient (Wildman–Crippen LogP) is 3.30. The number of carboxylic acid groups (broad SMARTS) is 1. The van der Waals surface area contributed by atoms with Gasteiger partial charge in [-0.1, -0.05) is 0 Å². The second-order valence-corrected chi connectivity index (χ2v) is 6.48. The lowest BCUT2D eigenvalue weighted by Gasteiger charge is -2.21. The minimum atomic E-state index is -1.02. The molecule has 1 aromatic carbocycles. The minimum absolute atomic E-state index is 0.0545. The van der Waals surface area contributed by atoms with Crippen LogP contribution in [0.4, 0.5) is 0 Å². The SMILES string of the molecule is CCN(C(=O)COc1c(Br)cc(C(=O)O)cc1Br)C1CC1. The van der Waals surface area contributed by atoms with E-state index in [4.69, 9.17) is 9.84 Å². The number of ether oxygens (including phenoxy) is 1. The fourth-order valence-electron chi connectivity index (χ4n) is 2.06. The summed E-state index contributed by atoms with van der Waals surface area (Å²) in [5.74, 6) is -0.647. The molecule has 1 aliphatic rings. The molecule has 0 radical (unpaired) electrons. The summed E-state index contributed by atoms with van der Waals surface area (Å²) in [6, 6.07) is 3.25. The number of halogens is 2. The van der Waals surface area contributed by atoms with Gasteiger partial charge in [0.2, 0.25) is 0 Å². The Hall–Kier alpha value is -1.08. The van der Waals surface area contributed by atoms with E-state index in [-0.39, 0.29) is 18.1 Å². The van der Waals surface area contributed by atoms with Crippen molar-refractivity contribution in [3.8, 4) is 5.75 Å². The van der Waals surface area contributed by atoms with Gasteiger partial charge in [-0.3, -0.25) is 4.79 Å². The molecule has 7 heteroatoms. The van der Waals surface area contributed by atoms with Crippen molar-refractivity contribution in [2.45, 2.75) is 25.8 Å². The van der Waals surface area contributed by atoms with Gasteiger partial charge in [-0.05, 0) is 63.8 Å². The monoisotopic (exact) mass is 419 g/mol. The molecule has 1 aromatic rings. The highest BCUT2D eigenvalue weighted by molar-refractivity contribution is 9.11. The van der Waals surface area contributed by atoms with Gasteiger partial charge in [0.25, 0.3) is 5.91 Å². The van der Waals surface area contributed by atoms with Gasteiger partial charge in [-0.2, -0.15) is 0 Å². The Labute approximate surface area is 139 Å². The molecule has 1 aliphatic carbocycles. The fourth-order valence-corrected chi connectivity index (χ4v) is 3.48. The molecule has 0 spiro atoms. The highest BCUT2D eigenvalue weighted by Gasteiger charge is 2.31. The number of carbonyl (C=O) groups excluding carboxylic acids is 1. The van der Waals surface area contributed by atoms with E-state index in [0.29, 0.717) is 27.3 Å². The smallest absolute Gasteiger partial charge is 0.335 e. The molecule has 1 fully saturated rings. The van der Waals surface area contributed by atoms with Gasteiger partial charge >= 0.3 is 5.97 Å². The molecular weight excluding hydrogens is 406 g/mol. The molecule has 0 aliphatic heterocycles. The van der Waals surface area contributed by atoms with E-state index >= 15 is 0 Å². The Morgan fingerprint density at radius 3 is 2.33 bits per heavy atom. The Morgan fingerprint density at radius 2 is 1.90 bits per heavy atom. The van der Waals surface area contributed by atoms with Crippen LogP contribution in [0, 0.1) is 0 Å². The predicted molar refractivity (Wildman–Crippen MR) is 84.7 cm³/mol. The topological polar surface area (TPSA) is 66.8 Å². The zero-order valence-corrected chi connectivity index (χ0v) is 14.6. The molecule has 0 saturated heterocycles. The highest BCUT2D eigenvalue weighted by atomic mass is 79.9. The zero-order chi connectivity index (χ0) is 15.6. The standard InChI is InChI=1S/C14H15Br2NO4/c1-2-17(9-3-4-9)12(18)7-21-13-10(15)5-8(14(19)20)6-11(13)16/h5-6,9H,2-4,7H2,1H3,(H,19,20). The van der Waals surface area contributed by atoms with Gasteiger partial charge in [-0.15, -0.1) is 0 Å². The average molecular weight is 421 g/mol. The average Bonchev–Trinajstić information content (AvgIpc) is 3.22. The fraction of sp³-hybridized carbons (Fsp3) is 0.429. The van der Waals surface area contributed by atoms with Crippen molar-refractivity contribution >= 4 is 43.7 Å². The van der Waals surface area contributed by atoms with Gasteiger partial charge in [0.15, 0.2) is 6.61 Å². The van der Waals surface area contributed by atoms with Crippen LogP contribution in [0.3, 0.4) is 0 Å². The number of amides is 1. The Morgan fingerprint density at radius 1 is 1.33 bits per heavy atom. The third kappa shape index (κ3) is 3.97. The van der Waals surface area contributed by atoms with Gasteiger partial charge in [0.05, 0.1) is 14.5 Å². The first kappa shape index (κ1) is 16.3. The first-order chi connectivity index (χ1) is 9.93. The van der Waals surface area contributed by atoms with Crippen molar-refractivity contribution < 1.29 is 19.4 Å². The number of nitrogens with zero attached hydrogens (tertiary/aromatic N) is 1. The van der Waals surface area contributed by atoms with Crippen molar-refractivity contribution in [3.05, 3.63) is 26.6 Å². The van der Waals surface area contributed by atoms with Gasteiger partial charge in [0.1, 0.15) is 5.75 Å². The molecule has 5 nitrogen and oxygen atoms in total. The normalized spacial score (nSPS) is 13.9. The number of hydrogen-bond donors (Lipinski definition) is 1. The quantitative estimate of drug-likeness (QED) is 0.766. The first-order valence-electron chi connectivity index (χ1n) is 6.58. The summed E-state index contributed by atoms with van der Waals surface area (Å²) in [5.41, 5.74) is 0.139. The van der Waals surface area contributed by atoms with Crippen LogP contribution in [0.25, 0.3) is 0 Å². The molecule has 0 aromatic heterocycles. The Balaban J connectivity index is 2.06. The molecule has 1 saturated carbocycles. The molecule has 114 valence electrons. The molecule has 21 heavy (non-hydrogen) atoms. The molecule has 0 atom stereocenters. The number of carboxylic acids is 1. The number of rotatable bonds is 6. The van der Waals surface area contributed by atoms with E-state index in [0.717, 1.165) is 12.8 Å². The van der Waals surface area contributed by atoms with Gasteiger partial charge in [-0.25, -0.2) is 4.79 Å². The second-order valence-electron chi connectivity index (χ2n) is 4.77. The highest BCUT2D eigenvalue weighted by Crippen LogP contribution is 2.35. The number of carbonyl (C=O) groups is 2. The summed E-state index contributed by atoms with van der Waals surface area (Å²) >= 11 is 6.54. The Bertz CT molecular complexity index is 549. The van der Waals surface area contributed by atoms with Crippen molar-refractivity contribution in [3.63, 3.8) is 0 Å². The third-order valence-electron chi connectivity index (χ3n) is 3.23. The molecule has 1 N–H and O–H groups in total. The van der Waals surface area contributed by atoms with Crippen LogP contribution in [0.5, 0.6) is 5.75 Å². The van der Waals surface area contributed by atoms with E-state index in [2.05, 4.69) is 31.9 Å². The lowest BCUT2D eigenvalue weighted by molar-refractivity contribution is -0.133. The van der Waals surface area contributed by atoms with Crippen LogP contribution in [-0.4, -0.2) is 41.1 Å².